The van der Waals surface area contributed by atoms with Crippen LogP contribution in [0.5, 0.6) is 0 Å². The number of rotatable bonds is 15. The largest absolute Gasteiger partial charge is 0.392 e. The van der Waals surface area contributed by atoms with Crippen molar-refractivity contribution < 1.29 is 27.8 Å². The average molecular weight is 906 g/mol. The van der Waals surface area contributed by atoms with Crippen molar-refractivity contribution in [2.24, 2.45) is 0 Å². The number of imidazole rings is 1. The normalized spacial score (nSPS) is 18.8. The molecule has 340 valence electrons. The van der Waals surface area contributed by atoms with E-state index in [-0.39, 0.29) is 48.4 Å². The number of hydrogen-bond acceptors (Lipinski definition) is 8. The number of ether oxygens (including phenoxy) is 2. The highest BCUT2D eigenvalue weighted by Gasteiger charge is 2.35. The van der Waals surface area contributed by atoms with Gasteiger partial charge in [0.05, 0.1) is 34.7 Å². The van der Waals surface area contributed by atoms with E-state index in [0.29, 0.717) is 6.42 Å². The van der Waals surface area contributed by atoms with Crippen LogP contribution in [0.4, 0.5) is 0 Å². The van der Waals surface area contributed by atoms with E-state index in [9.17, 15) is 23.1 Å². The second kappa shape index (κ2) is 20.1. The molecule has 7 aromatic rings. The molecule has 1 amide bonds. The maximum absolute atomic E-state index is 13.9. The third-order valence-electron chi connectivity index (χ3n) is 12.8. The molecule has 0 radical (unpaired) electrons. The summed E-state index contributed by atoms with van der Waals surface area (Å²) in [7, 11) is -3.99. The molecule has 9 rings (SSSR count). The molecule has 3 heterocycles. The number of carbonyl (C=O) groups excluding carboxylic acids is 1. The summed E-state index contributed by atoms with van der Waals surface area (Å²) in [5.41, 5.74) is 8.95. The number of nitrogens with zero attached hydrogens (tertiary/aromatic N) is 2. The Morgan fingerprint density at radius 3 is 2.21 bits per heavy atom. The molecule has 66 heavy (non-hydrogen) atoms. The van der Waals surface area contributed by atoms with E-state index in [1.807, 2.05) is 139 Å². The molecule has 12 nitrogen and oxygen atoms in total. The standard InChI is InChI=1S/C53H55N5O7S/c1-36-15-25-45(26-16-36)66(62,63)56-48(31-37-9-3-2-4-10-37)51(60)54-33-42-11-5-6-12-46(42)39-21-23-41(24-22-39)52-64-44(32-50(65-52)40-19-17-38(35-59)18-20-40)34-57-29-27-43(28-30-57)58-49-14-8-7-13-47(49)55-53(58)61/h2-26,43-44,48,50,52,56,59H,27-35H2,1H3,(H,54,60)(H,55,61)/t44-,48+,50+,52+/m0/s1. The first-order chi connectivity index (χ1) is 32.1. The van der Waals surface area contributed by atoms with E-state index in [2.05, 4.69) is 19.9 Å². The van der Waals surface area contributed by atoms with Crippen LogP contribution in [-0.2, 0) is 43.9 Å². The van der Waals surface area contributed by atoms with Gasteiger partial charge in [-0.05, 0) is 83.8 Å². The molecule has 13 heteroatoms. The molecule has 0 saturated carbocycles. The lowest BCUT2D eigenvalue weighted by molar-refractivity contribution is -0.253. The number of aliphatic hydroxyl groups is 1. The molecule has 2 aliphatic rings. The van der Waals surface area contributed by atoms with Crippen LogP contribution in [0.15, 0.2) is 161 Å². The van der Waals surface area contributed by atoms with E-state index in [1.54, 1.807) is 24.3 Å². The molecule has 4 N–H and O–H groups in total. The lowest BCUT2D eigenvalue weighted by Gasteiger charge is -2.40. The van der Waals surface area contributed by atoms with Crippen LogP contribution >= 0.6 is 0 Å². The number of nitrogens with one attached hydrogen (secondary N) is 3. The predicted molar refractivity (Wildman–Crippen MR) is 255 cm³/mol. The van der Waals surface area contributed by atoms with Crippen LogP contribution in [0.1, 0.15) is 71.1 Å². The fourth-order valence-corrected chi connectivity index (χ4v) is 10.4. The smallest absolute Gasteiger partial charge is 0.326 e. The van der Waals surface area contributed by atoms with Gasteiger partial charge in [0, 0.05) is 44.2 Å². The molecule has 2 saturated heterocycles. The molecule has 0 bridgehead atoms. The summed E-state index contributed by atoms with van der Waals surface area (Å²) in [5, 5.41) is 12.7. The van der Waals surface area contributed by atoms with Crippen LogP contribution in [0.25, 0.3) is 22.2 Å². The summed E-state index contributed by atoms with van der Waals surface area (Å²) >= 11 is 0. The minimum atomic E-state index is -3.99. The van der Waals surface area contributed by atoms with E-state index in [0.717, 1.165) is 88.0 Å². The number of sulfonamides is 1. The molecule has 0 spiro atoms. The highest BCUT2D eigenvalue weighted by atomic mass is 32.2. The zero-order chi connectivity index (χ0) is 45.6. The first-order valence-electron chi connectivity index (χ1n) is 22.6. The number of piperidine rings is 1. The molecule has 0 aliphatic carbocycles. The SMILES string of the molecule is Cc1ccc(S(=O)(=O)N[C@H](Cc2ccccc2)C(=O)NCc2ccccc2-c2ccc([C@@H]3O[C@H](CN4CCC(n5c(=O)[nH]c6ccccc65)CC4)C[C@H](c4ccc(CO)cc4)O3)cc2)cc1. The van der Waals surface area contributed by atoms with Gasteiger partial charge >= 0.3 is 5.69 Å². The molecule has 2 fully saturated rings. The minimum absolute atomic E-state index is 0.0342. The zero-order valence-electron chi connectivity index (χ0n) is 36.9. The van der Waals surface area contributed by atoms with Crippen molar-refractivity contribution in [2.45, 2.75) is 81.2 Å². The highest BCUT2D eigenvalue weighted by molar-refractivity contribution is 7.89. The highest BCUT2D eigenvalue weighted by Crippen LogP contribution is 2.39. The lowest BCUT2D eigenvalue weighted by atomic mass is 9.97. The predicted octanol–water partition coefficient (Wildman–Crippen LogP) is 7.89. The van der Waals surface area contributed by atoms with Crippen LogP contribution in [0, 0.1) is 6.92 Å². The van der Waals surface area contributed by atoms with Gasteiger partial charge in [-0.2, -0.15) is 4.72 Å². The Morgan fingerprint density at radius 1 is 0.788 bits per heavy atom. The number of aryl methyl sites for hydroxylation is 1. The Balaban J connectivity index is 0.890. The fraction of sp³-hybridized carbons (Fsp3) is 0.283. The summed E-state index contributed by atoms with van der Waals surface area (Å²) in [5.74, 6) is -0.435. The van der Waals surface area contributed by atoms with E-state index >= 15 is 0 Å². The van der Waals surface area contributed by atoms with E-state index in [4.69, 9.17) is 9.47 Å². The zero-order valence-corrected chi connectivity index (χ0v) is 37.7. The third-order valence-corrected chi connectivity index (χ3v) is 14.3. The summed E-state index contributed by atoms with van der Waals surface area (Å²) in [4.78, 5) is 32.4. The van der Waals surface area contributed by atoms with Crippen LogP contribution < -0.4 is 15.7 Å². The van der Waals surface area contributed by atoms with Crippen LogP contribution in [0.3, 0.4) is 0 Å². The number of H-pyrrole nitrogens is 1. The molecular formula is C53H55N5O7S. The summed E-state index contributed by atoms with van der Waals surface area (Å²) in [6.45, 7) is 4.42. The van der Waals surface area contributed by atoms with Crippen LogP contribution in [0.2, 0.25) is 0 Å². The number of para-hydroxylation sites is 2. The van der Waals surface area contributed by atoms with Crippen molar-refractivity contribution in [3.8, 4) is 11.1 Å². The third kappa shape index (κ3) is 10.4. The number of aliphatic hydroxyl groups excluding tert-OH is 1. The second-order valence-corrected chi connectivity index (χ2v) is 19.1. The van der Waals surface area contributed by atoms with E-state index < -0.39 is 28.3 Å². The number of likely N-dealkylation sites (tertiary alicyclic amines) is 1. The number of benzene rings is 6. The molecule has 1 aromatic heterocycles. The van der Waals surface area contributed by atoms with Crippen molar-refractivity contribution in [3.63, 3.8) is 0 Å². The Bertz CT molecular complexity index is 2910. The van der Waals surface area contributed by atoms with Gasteiger partial charge in [-0.15, -0.1) is 0 Å². The Hall–Kier alpha value is -6.19. The molecule has 6 aromatic carbocycles. The Morgan fingerprint density at radius 2 is 1.47 bits per heavy atom. The average Bonchev–Trinajstić information content (AvgIpc) is 3.69. The van der Waals surface area contributed by atoms with Crippen molar-refractivity contribution in [2.75, 3.05) is 19.6 Å². The molecule has 0 unspecified atom stereocenters. The molecular weight excluding hydrogens is 851 g/mol. The Kier molecular flexibility index (Phi) is 13.7. The van der Waals surface area contributed by atoms with Gasteiger partial charge in [0.2, 0.25) is 15.9 Å². The van der Waals surface area contributed by atoms with Crippen molar-refractivity contribution in [3.05, 3.63) is 196 Å². The van der Waals surface area contributed by atoms with Crippen LogP contribution in [-0.4, -0.2) is 65.7 Å². The first-order valence-corrected chi connectivity index (χ1v) is 24.1. The van der Waals surface area contributed by atoms with E-state index in [1.165, 1.54) is 0 Å². The molecule has 2 aliphatic heterocycles. The van der Waals surface area contributed by atoms with Gasteiger partial charge in [-0.1, -0.05) is 133 Å². The van der Waals surface area contributed by atoms with Gasteiger partial charge in [-0.3, -0.25) is 9.36 Å². The fourth-order valence-electron chi connectivity index (χ4n) is 9.21. The molecule has 4 atom stereocenters. The summed E-state index contributed by atoms with van der Waals surface area (Å²) in [6, 6.07) is 46.6. The number of carbonyl (C=O) groups is 1. The lowest BCUT2D eigenvalue weighted by Crippen LogP contribution is -2.47. The monoisotopic (exact) mass is 905 g/mol. The summed E-state index contributed by atoms with van der Waals surface area (Å²) < 4.78 is 45.0. The van der Waals surface area contributed by atoms with Gasteiger partial charge in [0.1, 0.15) is 6.04 Å². The van der Waals surface area contributed by atoms with Gasteiger partial charge in [0.15, 0.2) is 6.29 Å². The Labute approximate surface area is 385 Å². The van der Waals surface area contributed by atoms with Gasteiger partial charge < -0.3 is 29.8 Å². The number of amides is 1. The first kappa shape index (κ1) is 45.0. The maximum atomic E-state index is 13.9. The topological polar surface area (TPSA) is 155 Å². The van der Waals surface area contributed by atoms with Gasteiger partial charge in [0.25, 0.3) is 0 Å². The second-order valence-electron chi connectivity index (χ2n) is 17.4. The van der Waals surface area contributed by atoms with Crippen molar-refractivity contribution in [1.29, 1.82) is 0 Å². The minimum Gasteiger partial charge on any atom is -0.392 e. The van der Waals surface area contributed by atoms with Gasteiger partial charge in [-0.25, -0.2) is 13.2 Å². The number of aromatic nitrogens is 2. The number of fused-ring (bicyclic) bond motifs is 1. The quantitative estimate of drug-likeness (QED) is 0.0811. The maximum Gasteiger partial charge on any atom is 0.326 e. The van der Waals surface area contributed by atoms with Crippen molar-refractivity contribution >= 4 is 27.0 Å². The number of aromatic amines is 1. The van der Waals surface area contributed by atoms with Crippen molar-refractivity contribution in [1.82, 2.24) is 24.5 Å². The summed E-state index contributed by atoms with van der Waals surface area (Å²) in [6.07, 6.45) is 1.54. The number of hydrogen-bond donors (Lipinski definition) is 4.